The molecule has 0 aromatic heterocycles. The number of rotatable bonds is 9. The Labute approximate surface area is 162 Å². The quantitative estimate of drug-likeness (QED) is 0.657. The van der Waals surface area contributed by atoms with Crippen LogP contribution >= 0.6 is 15.9 Å². The van der Waals surface area contributed by atoms with Crippen molar-refractivity contribution >= 4 is 21.8 Å². The number of ether oxygens (including phenoxy) is 3. The second-order valence-electron chi connectivity index (χ2n) is 5.69. The number of methoxy groups -OCH3 is 2. The molecule has 0 aliphatic carbocycles. The van der Waals surface area contributed by atoms with Crippen molar-refractivity contribution in [3.63, 3.8) is 0 Å². The molecule has 1 N–H and O–H groups in total. The highest BCUT2D eigenvalue weighted by atomic mass is 79.9. The van der Waals surface area contributed by atoms with Gasteiger partial charge in [0.25, 0.3) is 5.91 Å². The molecule has 6 heteroatoms. The summed E-state index contributed by atoms with van der Waals surface area (Å²) in [5.74, 6) is 1.82. The van der Waals surface area contributed by atoms with Crippen molar-refractivity contribution in [1.82, 2.24) is 5.32 Å². The van der Waals surface area contributed by atoms with E-state index in [1.807, 2.05) is 31.2 Å². The summed E-state index contributed by atoms with van der Waals surface area (Å²) in [5.41, 5.74) is 1.65. The van der Waals surface area contributed by atoms with E-state index in [1.165, 1.54) is 0 Å². The smallest absolute Gasteiger partial charge is 0.251 e. The SMILES string of the molecule is CCCOc1c(Br)cc(C(=O)NCCc2ccc(OC)cc2)cc1OC. The molecule has 0 aliphatic rings. The van der Waals surface area contributed by atoms with Gasteiger partial charge in [-0.15, -0.1) is 0 Å². The van der Waals surface area contributed by atoms with Crippen LogP contribution in [0.3, 0.4) is 0 Å². The van der Waals surface area contributed by atoms with Crippen molar-refractivity contribution < 1.29 is 19.0 Å². The zero-order chi connectivity index (χ0) is 18.9. The maximum atomic E-state index is 12.4. The van der Waals surface area contributed by atoms with Gasteiger partial charge in [0, 0.05) is 12.1 Å². The first-order valence-electron chi connectivity index (χ1n) is 8.50. The van der Waals surface area contributed by atoms with Gasteiger partial charge in [0.05, 0.1) is 25.3 Å². The van der Waals surface area contributed by atoms with Gasteiger partial charge in [-0.2, -0.15) is 0 Å². The van der Waals surface area contributed by atoms with Crippen LogP contribution in [-0.4, -0.2) is 33.3 Å². The number of amides is 1. The molecule has 0 saturated carbocycles. The molecule has 0 fully saturated rings. The summed E-state index contributed by atoms with van der Waals surface area (Å²) in [5, 5.41) is 2.93. The molecule has 2 rings (SSSR count). The minimum Gasteiger partial charge on any atom is -0.497 e. The van der Waals surface area contributed by atoms with E-state index >= 15 is 0 Å². The molecule has 0 atom stereocenters. The van der Waals surface area contributed by atoms with Crippen molar-refractivity contribution in [2.24, 2.45) is 0 Å². The van der Waals surface area contributed by atoms with Crippen LogP contribution < -0.4 is 19.5 Å². The van der Waals surface area contributed by atoms with Crippen LogP contribution in [0, 0.1) is 0 Å². The van der Waals surface area contributed by atoms with Crippen molar-refractivity contribution in [2.45, 2.75) is 19.8 Å². The highest BCUT2D eigenvalue weighted by molar-refractivity contribution is 9.10. The number of hydrogen-bond acceptors (Lipinski definition) is 4. The Kier molecular flexibility index (Phi) is 7.78. The minimum atomic E-state index is -0.153. The maximum Gasteiger partial charge on any atom is 0.251 e. The Morgan fingerprint density at radius 3 is 2.46 bits per heavy atom. The fourth-order valence-corrected chi connectivity index (χ4v) is 2.97. The van der Waals surface area contributed by atoms with E-state index in [0.717, 1.165) is 24.2 Å². The molecule has 5 nitrogen and oxygen atoms in total. The third kappa shape index (κ3) is 5.39. The molecule has 140 valence electrons. The van der Waals surface area contributed by atoms with Crippen molar-refractivity contribution in [1.29, 1.82) is 0 Å². The van der Waals surface area contributed by atoms with Crippen LogP contribution in [0.5, 0.6) is 17.2 Å². The van der Waals surface area contributed by atoms with Crippen LogP contribution in [0.4, 0.5) is 0 Å². The number of hydrogen-bond donors (Lipinski definition) is 1. The molecule has 2 aromatic rings. The fraction of sp³-hybridized carbons (Fsp3) is 0.350. The maximum absolute atomic E-state index is 12.4. The normalized spacial score (nSPS) is 10.3. The topological polar surface area (TPSA) is 56.8 Å². The molecule has 0 spiro atoms. The summed E-state index contributed by atoms with van der Waals surface area (Å²) in [7, 11) is 3.20. The van der Waals surface area contributed by atoms with E-state index in [4.69, 9.17) is 14.2 Å². The highest BCUT2D eigenvalue weighted by Crippen LogP contribution is 2.36. The highest BCUT2D eigenvalue weighted by Gasteiger charge is 2.15. The number of halogens is 1. The molecule has 0 bridgehead atoms. The third-order valence-electron chi connectivity index (χ3n) is 3.80. The Morgan fingerprint density at radius 1 is 1.12 bits per heavy atom. The largest absolute Gasteiger partial charge is 0.497 e. The lowest BCUT2D eigenvalue weighted by atomic mass is 10.1. The second kappa shape index (κ2) is 10.1. The molecule has 0 radical (unpaired) electrons. The van der Waals surface area contributed by atoms with Gasteiger partial charge < -0.3 is 19.5 Å². The molecule has 2 aromatic carbocycles. The first-order chi connectivity index (χ1) is 12.6. The summed E-state index contributed by atoms with van der Waals surface area (Å²) >= 11 is 3.46. The van der Waals surface area contributed by atoms with Crippen LogP contribution in [-0.2, 0) is 6.42 Å². The van der Waals surface area contributed by atoms with E-state index in [9.17, 15) is 4.79 Å². The lowest BCUT2D eigenvalue weighted by molar-refractivity contribution is 0.0953. The van der Waals surface area contributed by atoms with E-state index in [2.05, 4.69) is 21.2 Å². The Morgan fingerprint density at radius 2 is 1.85 bits per heavy atom. The monoisotopic (exact) mass is 421 g/mol. The van der Waals surface area contributed by atoms with E-state index in [1.54, 1.807) is 26.4 Å². The zero-order valence-corrected chi connectivity index (χ0v) is 16.9. The predicted octanol–water partition coefficient (Wildman–Crippen LogP) is 4.23. The van der Waals surface area contributed by atoms with Gasteiger partial charge in [0.1, 0.15) is 5.75 Å². The molecule has 0 saturated heterocycles. The third-order valence-corrected chi connectivity index (χ3v) is 4.39. The van der Waals surface area contributed by atoms with Crippen molar-refractivity contribution in [2.75, 3.05) is 27.4 Å². The molecule has 0 aliphatic heterocycles. The van der Waals surface area contributed by atoms with Gasteiger partial charge >= 0.3 is 0 Å². The van der Waals surface area contributed by atoms with E-state index in [0.29, 0.717) is 34.7 Å². The van der Waals surface area contributed by atoms with Gasteiger partial charge in [-0.05, 0) is 58.6 Å². The Bertz CT molecular complexity index is 731. The lowest BCUT2D eigenvalue weighted by Gasteiger charge is -2.14. The standard InChI is InChI=1S/C20H24BrNO4/c1-4-11-26-19-17(21)12-15(13-18(19)25-3)20(23)22-10-9-14-5-7-16(24-2)8-6-14/h5-8,12-13H,4,9-11H2,1-3H3,(H,22,23). The Balaban J connectivity index is 1.98. The van der Waals surface area contributed by atoms with E-state index in [-0.39, 0.29) is 5.91 Å². The van der Waals surface area contributed by atoms with Gasteiger partial charge in [-0.25, -0.2) is 0 Å². The lowest BCUT2D eigenvalue weighted by Crippen LogP contribution is -2.25. The zero-order valence-electron chi connectivity index (χ0n) is 15.3. The Hall–Kier alpha value is -2.21. The number of benzene rings is 2. The molecule has 0 heterocycles. The molecule has 26 heavy (non-hydrogen) atoms. The van der Waals surface area contributed by atoms with Crippen molar-refractivity contribution in [3.8, 4) is 17.2 Å². The predicted molar refractivity (Wildman–Crippen MR) is 106 cm³/mol. The number of carbonyl (C=O) groups excluding carboxylic acids is 1. The molecular weight excluding hydrogens is 398 g/mol. The fourth-order valence-electron chi connectivity index (χ4n) is 2.41. The molecule has 1 amide bonds. The van der Waals surface area contributed by atoms with Gasteiger partial charge in [-0.1, -0.05) is 19.1 Å². The summed E-state index contributed by atoms with van der Waals surface area (Å²) in [6.45, 7) is 3.16. The summed E-state index contributed by atoms with van der Waals surface area (Å²) in [6, 6.07) is 11.2. The first kappa shape index (κ1) is 20.1. The minimum absolute atomic E-state index is 0.153. The average Bonchev–Trinajstić information content (AvgIpc) is 2.66. The average molecular weight is 422 g/mol. The van der Waals surface area contributed by atoms with Crippen molar-refractivity contribution in [3.05, 3.63) is 52.0 Å². The van der Waals surface area contributed by atoms with Crippen LogP contribution in [0.25, 0.3) is 0 Å². The van der Waals surface area contributed by atoms with Crippen LogP contribution in [0.2, 0.25) is 0 Å². The summed E-state index contributed by atoms with van der Waals surface area (Å²) in [4.78, 5) is 12.4. The molecular formula is C20H24BrNO4. The number of nitrogens with one attached hydrogen (secondary N) is 1. The van der Waals surface area contributed by atoms with Gasteiger partial charge in [0.15, 0.2) is 11.5 Å². The second-order valence-corrected chi connectivity index (χ2v) is 6.55. The number of carbonyl (C=O) groups is 1. The summed E-state index contributed by atoms with van der Waals surface area (Å²) in [6.07, 6.45) is 1.63. The molecule has 0 unspecified atom stereocenters. The van der Waals surface area contributed by atoms with E-state index < -0.39 is 0 Å². The van der Waals surface area contributed by atoms with Crippen LogP contribution in [0.1, 0.15) is 29.3 Å². The van der Waals surface area contributed by atoms with Gasteiger partial charge in [-0.3, -0.25) is 4.79 Å². The van der Waals surface area contributed by atoms with Crippen LogP contribution in [0.15, 0.2) is 40.9 Å². The first-order valence-corrected chi connectivity index (χ1v) is 9.29. The summed E-state index contributed by atoms with van der Waals surface area (Å²) < 4.78 is 16.9. The van der Waals surface area contributed by atoms with Gasteiger partial charge in [0.2, 0.25) is 0 Å².